The van der Waals surface area contributed by atoms with Crippen LogP contribution in [0, 0.1) is 11.3 Å². The van der Waals surface area contributed by atoms with Gasteiger partial charge in [-0.15, -0.1) is 0 Å². The Morgan fingerprint density at radius 3 is 2.19 bits per heavy atom. The molecule has 3 rings (SSSR count). The van der Waals surface area contributed by atoms with Crippen LogP contribution in [0.1, 0.15) is 51.4 Å². The van der Waals surface area contributed by atoms with Crippen molar-refractivity contribution in [3.05, 3.63) is 0 Å². The van der Waals surface area contributed by atoms with Crippen LogP contribution in [0.2, 0.25) is 0 Å². The summed E-state index contributed by atoms with van der Waals surface area (Å²) in [6.45, 7) is 3.55. The first-order chi connectivity index (χ1) is 7.83. The molecule has 1 heterocycles. The van der Waals surface area contributed by atoms with Gasteiger partial charge in [0.25, 0.3) is 0 Å². The topological polar surface area (TPSA) is 29.3 Å². The second-order valence-electron chi connectivity index (χ2n) is 6.38. The van der Waals surface area contributed by atoms with Gasteiger partial charge in [-0.05, 0) is 62.9 Å². The number of hydrogen-bond acceptors (Lipinski definition) is 2. The van der Waals surface area contributed by atoms with Crippen LogP contribution in [0.25, 0.3) is 0 Å². The van der Waals surface area contributed by atoms with Gasteiger partial charge in [0.15, 0.2) is 0 Å². The second-order valence-corrected chi connectivity index (χ2v) is 6.38. The second kappa shape index (κ2) is 4.30. The Morgan fingerprint density at radius 2 is 1.69 bits per heavy atom. The van der Waals surface area contributed by atoms with Gasteiger partial charge < -0.3 is 5.73 Å². The first-order valence-corrected chi connectivity index (χ1v) is 7.27. The fourth-order valence-corrected chi connectivity index (χ4v) is 4.08. The number of nitrogens with zero attached hydrogens (tertiary/aromatic N) is 1. The highest BCUT2D eigenvalue weighted by atomic mass is 15.2. The van der Waals surface area contributed by atoms with E-state index >= 15 is 0 Å². The van der Waals surface area contributed by atoms with Gasteiger partial charge >= 0.3 is 0 Å². The Kier molecular flexibility index (Phi) is 2.97. The van der Waals surface area contributed by atoms with Crippen LogP contribution in [-0.2, 0) is 0 Å². The van der Waals surface area contributed by atoms with Gasteiger partial charge in [0, 0.05) is 12.6 Å². The maximum Gasteiger partial charge on any atom is 0.0246 e. The van der Waals surface area contributed by atoms with Gasteiger partial charge in [0.2, 0.25) is 0 Å². The van der Waals surface area contributed by atoms with E-state index < -0.39 is 0 Å². The molecular formula is C14H26N2. The molecule has 1 aliphatic heterocycles. The van der Waals surface area contributed by atoms with Crippen molar-refractivity contribution in [2.24, 2.45) is 17.1 Å². The van der Waals surface area contributed by atoms with Gasteiger partial charge in [0.1, 0.15) is 0 Å². The number of rotatable bonds is 3. The van der Waals surface area contributed by atoms with E-state index in [1.807, 2.05) is 0 Å². The van der Waals surface area contributed by atoms with Gasteiger partial charge in [-0.2, -0.15) is 0 Å². The summed E-state index contributed by atoms with van der Waals surface area (Å²) in [4.78, 5) is 2.71. The predicted octanol–water partition coefficient (Wildman–Crippen LogP) is 2.38. The summed E-state index contributed by atoms with van der Waals surface area (Å²) in [5, 5.41) is 0. The average Bonchev–Trinajstić information content (AvgIpc) is 3.05. The standard InChI is InChI=1S/C14H26N2/c15-11-13(12-3-4-12)16-9-7-14(8-10-16)5-1-2-6-14/h12-13H,1-11,15H2. The molecule has 1 spiro atoms. The maximum atomic E-state index is 5.95. The minimum atomic E-state index is 0.721. The molecule has 0 aromatic rings. The lowest BCUT2D eigenvalue weighted by atomic mass is 9.76. The molecule has 1 unspecified atom stereocenters. The van der Waals surface area contributed by atoms with Gasteiger partial charge in [-0.25, -0.2) is 0 Å². The lowest BCUT2D eigenvalue weighted by molar-refractivity contribution is 0.0706. The zero-order valence-corrected chi connectivity index (χ0v) is 10.5. The van der Waals surface area contributed by atoms with Crippen molar-refractivity contribution in [3.8, 4) is 0 Å². The summed E-state index contributed by atoms with van der Waals surface area (Å²) in [6, 6.07) is 0.721. The molecule has 92 valence electrons. The Labute approximate surface area is 99.6 Å². The van der Waals surface area contributed by atoms with Crippen molar-refractivity contribution in [1.29, 1.82) is 0 Å². The molecule has 0 radical (unpaired) electrons. The summed E-state index contributed by atoms with van der Waals surface area (Å²) < 4.78 is 0. The first-order valence-electron chi connectivity index (χ1n) is 7.27. The Bertz CT molecular complexity index is 231. The van der Waals surface area contributed by atoms with Crippen LogP contribution in [0.15, 0.2) is 0 Å². The molecule has 3 fully saturated rings. The van der Waals surface area contributed by atoms with Crippen LogP contribution >= 0.6 is 0 Å². The van der Waals surface area contributed by atoms with Crippen molar-refractivity contribution >= 4 is 0 Å². The third kappa shape index (κ3) is 2.02. The molecule has 16 heavy (non-hydrogen) atoms. The largest absolute Gasteiger partial charge is 0.329 e. The normalized spacial score (nSPS) is 32.1. The third-order valence-corrected chi connectivity index (χ3v) is 5.40. The van der Waals surface area contributed by atoms with E-state index in [2.05, 4.69) is 4.90 Å². The molecule has 1 saturated heterocycles. The lowest BCUT2D eigenvalue weighted by Gasteiger charge is -2.42. The number of piperidine rings is 1. The summed E-state index contributed by atoms with van der Waals surface area (Å²) in [7, 11) is 0. The smallest absolute Gasteiger partial charge is 0.0246 e. The monoisotopic (exact) mass is 222 g/mol. The highest BCUT2D eigenvalue weighted by Gasteiger charge is 2.41. The van der Waals surface area contributed by atoms with Crippen LogP contribution in [0.3, 0.4) is 0 Å². The van der Waals surface area contributed by atoms with E-state index in [9.17, 15) is 0 Å². The highest BCUT2D eigenvalue weighted by molar-refractivity contribution is 4.95. The number of hydrogen-bond donors (Lipinski definition) is 1. The molecule has 0 aromatic carbocycles. The molecule has 0 bridgehead atoms. The number of nitrogens with two attached hydrogens (primary N) is 1. The molecule has 1 atom stereocenters. The van der Waals surface area contributed by atoms with Gasteiger partial charge in [0.05, 0.1) is 0 Å². The lowest BCUT2D eigenvalue weighted by Crippen LogP contribution is -2.48. The molecule has 3 aliphatic rings. The molecule has 2 heteroatoms. The summed E-state index contributed by atoms with van der Waals surface area (Å²) in [5.74, 6) is 0.947. The molecule has 2 aliphatic carbocycles. The first kappa shape index (κ1) is 11.0. The Morgan fingerprint density at radius 1 is 1.06 bits per heavy atom. The minimum absolute atomic E-state index is 0.721. The van der Waals surface area contributed by atoms with Gasteiger partial charge in [-0.1, -0.05) is 12.8 Å². The van der Waals surface area contributed by atoms with Crippen LogP contribution < -0.4 is 5.73 Å². The summed E-state index contributed by atoms with van der Waals surface area (Å²) in [6.07, 6.45) is 11.8. The zero-order chi connectivity index (χ0) is 11.0. The molecule has 2 nitrogen and oxygen atoms in total. The Hall–Kier alpha value is -0.0800. The van der Waals surface area contributed by atoms with Crippen molar-refractivity contribution in [2.45, 2.75) is 57.4 Å². The fourth-order valence-electron chi connectivity index (χ4n) is 4.08. The number of likely N-dealkylation sites (tertiary alicyclic amines) is 1. The molecule has 0 aromatic heterocycles. The van der Waals surface area contributed by atoms with E-state index in [1.165, 1.54) is 64.5 Å². The minimum Gasteiger partial charge on any atom is -0.329 e. The van der Waals surface area contributed by atoms with Crippen molar-refractivity contribution in [3.63, 3.8) is 0 Å². The quantitative estimate of drug-likeness (QED) is 0.794. The van der Waals surface area contributed by atoms with Crippen molar-refractivity contribution in [2.75, 3.05) is 19.6 Å². The van der Waals surface area contributed by atoms with E-state index in [0.29, 0.717) is 0 Å². The SMILES string of the molecule is NCC(C1CC1)N1CCC2(CCCC2)CC1. The molecule has 2 N–H and O–H groups in total. The molecule has 0 amide bonds. The van der Waals surface area contributed by atoms with E-state index in [-0.39, 0.29) is 0 Å². The maximum absolute atomic E-state index is 5.95. The highest BCUT2D eigenvalue weighted by Crippen LogP contribution is 2.47. The van der Waals surface area contributed by atoms with Gasteiger partial charge in [-0.3, -0.25) is 4.90 Å². The average molecular weight is 222 g/mol. The van der Waals surface area contributed by atoms with Crippen molar-refractivity contribution in [1.82, 2.24) is 4.90 Å². The summed E-state index contributed by atoms with van der Waals surface area (Å²) in [5.41, 5.74) is 6.71. The van der Waals surface area contributed by atoms with Crippen LogP contribution in [-0.4, -0.2) is 30.6 Å². The molecule has 2 saturated carbocycles. The van der Waals surface area contributed by atoms with E-state index in [4.69, 9.17) is 5.73 Å². The summed E-state index contributed by atoms with van der Waals surface area (Å²) >= 11 is 0. The molecular weight excluding hydrogens is 196 g/mol. The third-order valence-electron chi connectivity index (χ3n) is 5.40. The van der Waals surface area contributed by atoms with Crippen molar-refractivity contribution < 1.29 is 0 Å². The zero-order valence-electron chi connectivity index (χ0n) is 10.5. The predicted molar refractivity (Wildman–Crippen MR) is 67.3 cm³/mol. The Balaban J connectivity index is 1.56. The fraction of sp³-hybridized carbons (Fsp3) is 1.00. The van der Waals surface area contributed by atoms with E-state index in [1.54, 1.807) is 0 Å². The van der Waals surface area contributed by atoms with Crippen LogP contribution in [0.4, 0.5) is 0 Å². The van der Waals surface area contributed by atoms with Crippen LogP contribution in [0.5, 0.6) is 0 Å². The van der Waals surface area contributed by atoms with E-state index in [0.717, 1.165) is 23.9 Å².